The number of nitrogens with two attached hydrogens (primary N) is 1. The van der Waals surface area contributed by atoms with E-state index in [1.807, 2.05) is 0 Å². The van der Waals surface area contributed by atoms with Gasteiger partial charge in [0.1, 0.15) is 0 Å². The molecule has 3 N–H and O–H groups in total. The van der Waals surface area contributed by atoms with Crippen molar-refractivity contribution >= 4 is 15.7 Å². The first-order valence-electron chi connectivity index (χ1n) is 6.17. The minimum atomic E-state index is -3.87. The second kappa shape index (κ2) is 5.55. The molecular formula is C12H17FN2O4S. The summed E-state index contributed by atoms with van der Waals surface area (Å²) in [7, 11) is -2.61. The Hall–Kier alpha value is -1.38. The van der Waals surface area contributed by atoms with Gasteiger partial charge < -0.3 is 15.6 Å². The van der Waals surface area contributed by atoms with Gasteiger partial charge in [-0.3, -0.25) is 0 Å². The third-order valence-corrected chi connectivity index (χ3v) is 5.09. The summed E-state index contributed by atoms with van der Waals surface area (Å²) in [6.45, 7) is 0.308. The van der Waals surface area contributed by atoms with E-state index in [-0.39, 0.29) is 22.9 Å². The monoisotopic (exact) mass is 304 g/mol. The second-order valence-electron chi connectivity index (χ2n) is 4.69. The Labute approximate surface area is 117 Å². The summed E-state index contributed by atoms with van der Waals surface area (Å²) in [6, 6.07) is 2.05. The Balaban J connectivity index is 2.39. The maximum atomic E-state index is 13.7. The molecule has 6 nitrogen and oxygen atoms in total. The number of halogens is 1. The van der Waals surface area contributed by atoms with Gasteiger partial charge in [-0.05, 0) is 25.0 Å². The van der Waals surface area contributed by atoms with Gasteiger partial charge in [-0.2, -0.15) is 4.31 Å². The van der Waals surface area contributed by atoms with Crippen molar-refractivity contribution in [3.05, 3.63) is 17.9 Å². The normalized spacial score (nSPS) is 20.9. The van der Waals surface area contributed by atoms with Gasteiger partial charge in [0.15, 0.2) is 11.6 Å². The van der Waals surface area contributed by atoms with E-state index in [4.69, 9.17) is 10.5 Å². The van der Waals surface area contributed by atoms with Crippen molar-refractivity contribution in [2.24, 2.45) is 0 Å². The molecule has 2 rings (SSSR count). The molecule has 0 aliphatic carbocycles. The Morgan fingerprint density at radius 1 is 1.50 bits per heavy atom. The van der Waals surface area contributed by atoms with Crippen LogP contribution in [0.25, 0.3) is 0 Å². The lowest BCUT2D eigenvalue weighted by atomic mass is 10.1. The number of anilines is 1. The van der Waals surface area contributed by atoms with E-state index in [1.165, 1.54) is 7.11 Å². The van der Waals surface area contributed by atoms with Crippen LogP contribution in [0.1, 0.15) is 12.8 Å². The van der Waals surface area contributed by atoms with Gasteiger partial charge in [0, 0.05) is 13.1 Å². The number of methoxy groups -OCH3 is 1. The highest BCUT2D eigenvalue weighted by atomic mass is 32.2. The van der Waals surface area contributed by atoms with E-state index in [0.717, 1.165) is 16.4 Å². The summed E-state index contributed by atoms with van der Waals surface area (Å²) in [6.07, 6.45) is 0.429. The number of ether oxygens (including phenoxy) is 1. The molecule has 0 radical (unpaired) electrons. The van der Waals surface area contributed by atoms with Gasteiger partial charge in [-0.15, -0.1) is 0 Å². The van der Waals surface area contributed by atoms with Gasteiger partial charge in [0.25, 0.3) is 0 Å². The zero-order valence-corrected chi connectivity index (χ0v) is 11.9. The molecule has 1 aliphatic rings. The molecule has 1 aliphatic heterocycles. The van der Waals surface area contributed by atoms with Crippen molar-refractivity contribution in [3.8, 4) is 5.75 Å². The van der Waals surface area contributed by atoms with Crippen molar-refractivity contribution in [3.63, 3.8) is 0 Å². The molecule has 1 unspecified atom stereocenters. The Morgan fingerprint density at radius 3 is 2.75 bits per heavy atom. The molecule has 0 aromatic heterocycles. The average Bonchev–Trinajstić information content (AvgIpc) is 2.38. The first-order valence-corrected chi connectivity index (χ1v) is 7.61. The fraction of sp³-hybridized carbons (Fsp3) is 0.500. The number of β-amino-alcohol motifs (C(OH)–C–C–N with tert-alkyl or cyclic N) is 1. The fourth-order valence-corrected chi connectivity index (χ4v) is 3.81. The number of hydrogen-bond donors (Lipinski definition) is 2. The quantitative estimate of drug-likeness (QED) is 0.796. The van der Waals surface area contributed by atoms with Crippen molar-refractivity contribution in [1.82, 2.24) is 4.31 Å². The predicted octanol–water partition coefficient (Wildman–Crippen LogP) is 0.562. The van der Waals surface area contributed by atoms with E-state index in [1.54, 1.807) is 0 Å². The lowest BCUT2D eigenvalue weighted by Crippen LogP contribution is -2.42. The number of nitrogen functional groups attached to an aromatic ring is 1. The number of aliphatic hydroxyl groups is 1. The number of rotatable bonds is 3. The van der Waals surface area contributed by atoms with Crippen LogP contribution in [0.15, 0.2) is 17.0 Å². The maximum Gasteiger partial charge on any atom is 0.243 e. The van der Waals surface area contributed by atoms with Gasteiger partial charge >= 0.3 is 0 Å². The van der Waals surface area contributed by atoms with Crippen molar-refractivity contribution < 1.29 is 22.7 Å². The topological polar surface area (TPSA) is 92.9 Å². The molecule has 112 valence electrons. The van der Waals surface area contributed by atoms with Crippen molar-refractivity contribution in [1.29, 1.82) is 0 Å². The molecule has 1 saturated heterocycles. The summed E-state index contributed by atoms with van der Waals surface area (Å²) >= 11 is 0. The lowest BCUT2D eigenvalue weighted by molar-refractivity contribution is 0.108. The highest BCUT2D eigenvalue weighted by Crippen LogP contribution is 2.30. The highest BCUT2D eigenvalue weighted by Gasteiger charge is 2.30. The number of aliphatic hydroxyl groups excluding tert-OH is 1. The highest BCUT2D eigenvalue weighted by molar-refractivity contribution is 7.89. The average molecular weight is 304 g/mol. The van der Waals surface area contributed by atoms with Crippen LogP contribution in [0.3, 0.4) is 0 Å². The van der Waals surface area contributed by atoms with E-state index < -0.39 is 21.9 Å². The molecule has 1 atom stereocenters. The summed E-state index contributed by atoms with van der Waals surface area (Å²) in [4.78, 5) is -0.234. The summed E-state index contributed by atoms with van der Waals surface area (Å²) < 4.78 is 44.4. The summed E-state index contributed by atoms with van der Waals surface area (Å²) in [5, 5.41) is 9.56. The lowest BCUT2D eigenvalue weighted by Gasteiger charge is -2.29. The van der Waals surface area contributed by atoms with Gasteiger partial charge in [0.2, 0.25) is 10.0 Å². The standard InChI is InChI=1S/C12H17FN2O4S/c1-19-12-10(13)5-9(6-11(12)14)20(17,18)15-4-2-3-8(16)7-15/h5-6,8,16H,2-4,7,14H2,1H3. The largest absolute Gasteiger partial charge is 0.492 e. The second-order valence-corrected chi connectivity index (χ2v) is 6.62. The van der Waals surface area contributed by atoms with Crippen LogP contribution >= 0.6 is 0 Å². The molecule has 0 saturated carbocycles. The molecule has 20 heavy (non-hydrogen) atoms. The molecule has 0 amide bonds. The molecule has 1 heterocycles. The number of piperidine rings is 1. The molecule has 0 spiro atoms. The molecular weight excluding hydrogens is 287 g/mol. The van der Waals surface area contributed by atoms with E-state index >= 15 is 0 Å². The maximum absolute atomic E-state index is 13.7. The van der Waals surface area contributed by atoms with Gasteiger partial charge in [-0.1, -0.05) is 0 Å². The minimum Gasteiger partial charge on any atom is -0.492 e. The zero-order chi connectivity index (χ0) is 14.9. The molecule has 1 aromatic rings. The smallest absolute Gasteiger partial charge is 0.243 e. The van der Waals surface area contributed by atoms with Crippen LogP contribution < -0.4 is 10.5 Å². The van der Waals surface area contributed by atoms with Crippen LogP contribution in [0, 0.1) is 5.82 Å². The van der Waals surface area contributed by atoms with E-state index in [0.29, 0.717) is 19.4 Å². The molecule has 1 fully saturated rings. The SMILES string of the molecule is COc1c(N)cc(S(=O)(=O)N2CCCC(O)C2)cc1F. The third-order valence-electron chi connectivity index (χ3n) is 3.25. The molecule has 0 bridgehead atoms. The van der Waals surface area contributed by atoms with Crippen LogP contribution in [-0.4, -0.2) is 44.1 Å². The van der Waals surface area contributed by atoms with E-state index in [2.05, 4.69) is 0 Å². The third kappa shape index (κ3) is 2.72. The van der Waals surface area contributed by atoms with E-state index in [9.17, 15) is 17.9 Å². The zero-order valence-electron chi connectivity index (χ0n) is 11.0. The first kappa shape index (κ1) is 15.0. The molecule has 8 heteroatoms. The summed E-state index contributed by atoms with van der Waals surface area (Å²) in [5.41, 5.74) is 5.51. The molecule has 1 aromatic carbocycles. The number of hydrogen-bond acceptors (Lipinski definition) is 5. The number of benzene rings is 1. The number of nitrogens with zero attached hydrogens (tertiary/aromatic N) is 1. The van der Waals surface area contributed by atoms with Crippen molar-refractivity contribution in [2.45, 2.75) is 23.8 Å². The van der Waals surface area contributed by atoms with Crippen molar-refractivity contribution in [2.75, 3.05) is 25.9 Å². The fourth-order valence-electron chi connectivity index (χ4n) is 2.24. The Morgan fingerprint density at radius 2 is 2.20 bits per heavy atom. The van der Waals surface area contributed by atoms with Crippen LogP contribution in [0.2, 0.25) is 0 Å². The number of sulfonamides is 1. The van der Waals surface area contributed by atoms with Crippen LogP contribution in [0.4, 0.5) is 10.1 Å². The Bertz CT molecular complexity index is 582. The van der Waals surface area contributed by atoms with Crippen LogP contribution in [-0.2, 0) is 10.0 Å². The van der Waals surface area contributed by atoms with Gasteiger partial charge in [0.05, 0.1) is 23.8 Å². The first-order chi connectivity index (χ1) is 9.36. The minimum absolute atomic E-state index is 0.00981. The Kier molecular flexibility index (Phi) is 4.17. The van der Waals surface area contributed by atoms with Gasteiger partial charge in [-0.25, -0.2) is 12.8 Å². The van der Waals surface area contributed by atoms with Crippen LogP contribution in [0.5, 0.6) is 5.75 Å². The summed E-state index contributed by atoms with van der Waals surface area (Å²) in [5.74, 6) is -1.01. The predicted molar refractivity (Wildman–Crippen MR) is 71.4 cm³/mol.